The summed E-state index contributed by atoms with van der Waals surface area (Å²) in [6, 6.07) is 0. The van der Waals surface area contributed by atoms with Gasteiger partial charge in [-0.3, -0.25) is 0 Å². The SMILES string of the molecule is [CH2-]CNC(=O)OC(C)(C)C.[Y]. The van der Waals surface area contributed by atoms with Gasteiger partial charge in [-0.1, -0.05) is 0 Å². The Morgan fingerprint density at radius 3 is 2.27 bits per heavy atom. The zero-order valence-electron chi connectivity index (χ0n) is 7.31. The summed E-state index contributed by atoms with van der Waals surface area (Å²) in [6.45, 7) is 9.25. The van der Waals surface area contributed by atoms with Gasteiger partial charge in [-0.25, -0.2) is 4.79 Å². The molecule has 0 rings (SSSR count). The van der Waals surface area contributed by atoms with Crippen LogP contribution in [0.15, 0.2) is 0 Å². The minimum Gasteiger partial charge on any atom is -0.444 e. The summed E-state index contributed by atoms with van der Waals surface area (Å²) >= 11 is 0. The molecule has 11 heavy (non-hydrogen) atoms. The maximum atomic E-state index is 10.7. The third-order valence-corrected chi connectivity index (χ3v) is 0.668. The molecule has 0 aliphatic heterocycles. The average molecular weight is 233 g/mol. The van der Waals surface area contributed by atoms with Crippen molar-refractivity contribution in [3.8, 4) is 0 Å². The van der Waals surface area contributed by atoms with Gasteiger partial charge < -0.3 is 17.0 Å². The number of hydrogen-bond donors (Lipinski definition) is 1. The van der Waals surface area contributed by atoms with Crippen molar-refractivity contribution >= 4 is 6.09 Å². The van der Waals surface area contributed by atoms with Gasteiger partial charge in [0.1, 0.15) is 5.60 Å². The Morgan fingerprint density at radius 2 is 2.00 bits per heavy atom. The summed E-state index contributed by atoms with van der Waals surface area (Å²) in [5.41, 5.74) is -0.417. The fourth-order valence-electron chi connectivity index (χ4n) is 0.416. The van der Waals surface area contributed by atoms with E-state index in [-0.39, 0.29) is 32.7 Å². The molecule has 0 aliphatic carbocycles. The van der Waals surface area contributed by atoms with Crippen molar-refractivity contribution in [2.75, 3.05) is 6.54 Å². The van der Waals surface area contributed by atoms with Crippen molar-refractivity contribution < 1.29 is 42.2 Å². The standard InChI is InChI=1S/C7H14NO2.Y/c1-5-8-6(9)10-7(2,3)4;/h1,5H2,2-4H3,(H,8,9);/q-1;. The largest absolute Gasteiger partial charge is 0.444 e. The van der Waals surface area contributed by atoms with Gasteiger partial charge >= 0.3 is 6.09 Å². The molecule has 0 aliphatic rings. The third kappa shape index (κ3) is 10.4. The van der Waals surface area contributed by atoms with E-state index in [1.807, 2.05) is 20.8 Å². The molecule has 0 heterocycles. The number of alkyl carbamates (subject to hydrolysis) is 1. The van der Waals surface area contributed by atoms with Gasteiger partial charge in [0.2, 0.25) is 0 Å². The molecule has 1 N–H and O–H groups in total. The smallest absolute Gasteiger partial charge is 0.405 e. The second-order valence-corrected chi connectivity index (χ2v) is 2.93. The maximum Gasteiger partial charge on any atom is 0.405 e. The fraction of sp³-hybridized carbons (Fsp3) is 0.714. The number of carbonyl (C=O) groups is 1. The monoisotopic (exact) mass is 233 g/mol. The number of ether oxygens (including phenoxy) is 1. The van der Waals surface area contributed by atoms with E-state index in [1.165, 1.54) is 0 Å². The van der Waals surface area contributed by atoms with Crippen molar-refractivity contribution in [2.24, 2.45) is 0 Å². The van der Waals surface area contributed by atoms with Gasteiger partial charge in [-0.05, 0) is 20.8 Å². The molecule has 1 radical (unpaired) electrons. The summed E-state index contributed by atoms with van der Waals surface area (Å²) in [5, 5.41) is 2.43. The minimum atomic E-state index is -0.417. The molecule has 4 heteroatoms. The van der Waals surface area contributed by atoms with Crippen LogP contribution in [0, 0.1) is 6.92 Å². The maximum absolute atomic E-state index is 10.7. The van der Waals surface area contributed by atoms with Crippen molar-refractivity contribution in [2.45, 2.75) is 26.4 Å². The van der Waals surface area contributed by atoms with Gasteiger partial charge in [-0.2, -0.15) is 0 Å². The number of rotatable bonds is 1. The minimum absolute atomic E-state index is 0. The molecule has 63 valence electrons. The number of carbonyl (C=O) groups excluding carboxylic acids is 1. The Kier molecular flexibility index (Phi) is 7.54. The summed E-state index contributed by atoms with van der Waals surface area (Å²) in [7, 11) is 0. The normalized spacial score (nSPS) is 9.82. The summed E-state index contributed by atoms with van der Waals surface area (Å²) in [4.78, 5) is 10.7. The van der Waals surface area contributed by atoms with E-state index >= 15 is 0 Å². The van der Waals surface area contributed by atoms with Crippen LogP contribution in [-0.2, 0) is 37.4 Å². The third-order valence-electron chi connectivity index (χ3n) is 0.668. The molecule has 0 fully saturated rings. The molecule has 0 aromatic carbocycles. The summed E-state index contributed by atoms with van der Waals surface area (Å²) in [6.07, 6.45) is -0.414. The van der Waals surface area contributed by atoms with E-state index in [9.17, 15) is 4.79 Å². The van der Waals surface area contributed by atoms with Crippen LogP contribution in [0.4, 0.5) is 4.79 Å². The quantitative estimate of drug-likeness (QED) is 0.694. The molecular formula is C7H14NO2Y-. The number of hydrogen-bond acceptors (Lipinski definition) is 2. The van der Waals surface area contributed by atoms with E-state index in [2.05, 4.69) is 12.2 Å². The van der Waals surface area contributed by atoms with Gasteiger partial charge in [0.15, 0.2) is 0 Å². The van der Waals surface area contributed by atoms with Crippen LogP contribution in [0.5, 0.6) is 0 Å². The van der Waals surface area contributed by atoms with E-state index in [0.717, 1.165) is 0 Å². The predicted molar refractivity (Wildman–Crippen MR) is 39.6 cm³/mol. The first kappa shape index (κ1) is 13.9. The Morgan fingerprint density at radius 1 is 1.55 bits per heavy atom. The molecule has 0 saturated heterocycles. The first-order valence-electron chi connectivity index (χ1n) is 3.22. The average Bonchev–Trinajstić information content (AvgIpc) is 1.59. The van der Waals surface area contributed by atoms with Crippen molar-refractivity contribution in [3.63, 3.8) is 0 Å². The molecule has 0 aromatic heterocycles. The molecule has 0 atom stereocenters. The first-order valence-corrected chi connectivity index (χ1v) is 3.22. The van der Waals surface area contributed by atoms with Crippen LogP contribution < -0.4 is 5.32 Å². The second kappa shape index (κ2) is 5.95. The molecule has 0 unspecified atom stereocenters. The van der Waals surface area contributed by atoms with E-state index in [1.54, 1.807) is 0 Å². The summed E-state index contributed by atoms with van der Waals surface area (Å²) in [5.74, 6) is 0. The predicted octanol–water partition coefficient (Wildman–Crippen LogP) is 1.34. The van der Waals surface area contributed by atoms with Crippen LogP contribution in [0.3, 0.4) is 0 Å². The molecule has 0 spiro atoms. The van der Waals surface area contributed by atoms with E-state index < -0.39 is 11.7 Å². The van der Waals surface area contributed by atoms with Crippen LogP contribution >= 0.6 is 0 Å². The fourth-order valence-corrected chi connectivity index (χ4v) is 0.416. The number of nitrogens with one attached hydrogen (secondary N) is 1. The Labute approximate surface area is 93.1 Å². The molecule has 1 amide bonds. The molecular weight excluding hydrogens is 219 g/mol. The molecule has 0 bridgehead atoms. The van der Waals surface area contributed by atoms with Gasteiger partial charge in [0.05, 0.1) is 0 Å². The van der Waals surface area contributed by atoms with Gasteiger partial charge in [0, 0.05) is 32.7 Å². The van der Waals surface area contributed by atoms with Crippen LogP contribution in [0.2, 0.25) is 0 Å². The summed E-state index contributed by atoms with van der Waals surface area (Å²) < 4.78 is 4.89. The Balaban J connectivity index is 0. The van der Waals surface area contributed by atoms with Gasteiger partial charge in [0.25, 0.3) is 0 Å². The zero-order valence-corrected chi connectivity index (χ0v) is 10.1. The second-order valence-electron chi connectivity index (χ2n) is 2.93. The van der Waals surface area contributed by atoms with Crippen LogP contribution in [0.25, 0.3) is 0 Å². The van der Waals surface area contributed by atoms with Crippen LogP contribution in [-0.4, -0.2) is 18.2 Å². The van der Waals surface area contributed by atoms with Crippen molar-refractivity contribution in [1.82, 2.24) is 5.32 Å². The molecule has 0 saturated carbocycles. The van der Waals surface area contributed by atoms with E-state index in [0.29, 0.717) is 6.54 Å². The van der Waals surface area contributed by atoms with Crippen LogP contribution in [0.1, 0.15) is 20.8 Å². The van der Waals surface area contributed by atoms with Crippen molar-refractivity contribution in [3.05, 3.63) is 6.92 Å². The first-order chi connectivity index (χ1) is 4.45. The van der Waals surface area contributed by atoms with Crippen molar-refractivity contribution in [1.29, 1.82) is 0 Å². The Hall–Kier alpha value is 0.374. The number of amides is 1. The topological polar surface area (TPSA) is 38.3 Å². The van der Waals surface area contributed by atoms with Gasteiger partial charge in [-0.15, -0.1) is 6.54 Å². The molecule has 0 aromatic rings. The molecule has 3 nitrogen and oxygen atoms in total. The van der Waals surface area contributed by atoms with E-state index in [4.69, 9.17) is 4.74 Å². The Bertz CT molecular complexity index is 120. The zero-order chi connectivity index (χ0) is 8.20.